The van der Waals surface area contributed by atoms with Crippen LogP contribution in [0.15, 0.2) is 36.4 Å². The van der Waals surface area contributed by atoms with Crippen LogP contribution in [-0.2, 0) is 9.59 Å². The van der Waals surface area contributed by atoms with Gasteiger partial charge in [-0.25, -0.2) is 0 Å². The fraction of sp³-hybridized carbons (Fsp3) is 0.304. The number of carbonyl (C=O) groups excluding carboxylic acids is 4. The van der Waals surface area contributed by atoms with E-state index in [4.69, 9.17) is 9.47 Å². The van der Waals surface area contributed by atoms with Crippen LogP contribution < -0.4 is 20.1 Å². The van der Waals surface area contributed by atoms with E-state index in [1.165, 1.54) is 0 Å². The number of piperidine rings is 1. The zero-order chi connectivity index (χ0) is 23.0. The summed E-state index contributed by atoms with van der Waals surface area (Å²) in [6, 6.07) is 9.16. The molecule has 32 heavy (non-hydrogen) atoms. The number of benzene rings is 2. The Balaban J connectivity index is 1.64. The van der Waals surface area contributed by atoms with Gasteiger partial charge in [0.1, 0.15) is 17.5 Å². The standard InChI is InChI=1S/C23H23N3O6/c1-12(13-9-14(31-2)11-15(10-13)32-3)24-17-6-4-5-16-20(17)23(30)26(22(16)29)18-7-8-19(27)25-21(18)28/h4-6,9-12,18,24H,7-8H2,1-3H3,(H,25,27,28)/t12-,18?/m1/s1. The highest BCUT2D eigenvalue weighted by molar-refractivity contribution is 6.25. The molecule has 2 aliphatic heterocycles. The van der Waals surface area contributed by atoms with E-state index in [1.807, 2.05) is 19.1 Å². The summed E-state index contributed by atoms with van der Waals surface area (Å²) >= 11 is 0. The van der Waals surface area contributed by atoms with E-state index in [0.717, 1.165) is 10.5 Å². The van der Waals surface area contributed by atoms with Gasteiger partial charge in [-0.2, -0.15) is 0 Å². The molecule has 2 atom stereocenters. The Hall–Kier alpha value is -3.88. The summed E-state index contributed by atoms with van der Waals surface area (Å²) in [6.45, 7) is 1.91. The van der Waals surface area contributed by atoms with E-state index < -0.39 is 29.7 Å². The second kappa shape index (κ2) is 8.33. The zero-order valence-electron chi connectivity index (χ0n) is 17.9. The van der Waals surface area contributed by atoms with Crippen molar-refractivity contribution < 1.29 is 28.7 Å². The van der Waals surface area contributed by atoms with Gasteiger partial charge in [-0.05, 0) is 43.2 Å². The molecule has 2 aromatic rings. The van der Waals surface area contributed by atoms with Crippen LogP contribution >= 0.6 is 0 Å². The molecule has 1 saturated heterocycles. The van der Waals surface area contributed by atoms with E-state index in [2.05, 4.69) is 10.6 Å². The average molecular weight is 437 g/mol. The van der Waals surface area contributed by atoms with Gasteiger partial charge in [-0.3, -0.25) is 29.4 Å². The predicted octanol–water partition coefficient (Wildman–Crippen LogP) is 2.28. The Morgan fingerprint density at radius 2 is 1.72 bits per heavy atom. The molecule has 0 spiro atoms. The second-order valence-corrected chi connectivity index (χ2v) is 7.69. The van der Waals surface area contributed by atoms with E-state index in [0.29, 0.717) is 17.2 Å². The third-order valence-corrected chi connectivity index (χ3v) is 5.71. The Labute approximate surface area is 184 Å². The molecule has 4 rings (SSSR count). The van der Waals surface area contributed by atoms with Crippen LogP contribution in [0.1, 0.15) is 52.1 Å². The van der Waals surface area contributed by atoms with Crippen molar-refractivity contribution in [1.82, 2.24) is 10.2 Å². The summed E-state index contributed by atoms with van der Waals surface area (Å²) < 4.78 is 10.7. The molecule has 166 valence electrons. The molecule has 0 bridgehead atoms. The van der Waals surface area contributed by atoms with Gasteiger partial charge < -0.3 is 14.8 Å². The molecule has 2 aromatic carbocycles. The highest BCUT2D eigenvalue weighted by Gasteiger charge is 2.45. The predicted molar refractivity (Wildman–Crippen MR) is 115 cm³/mol. The van der Waals surface area contributed by atoms with Crippen molar-refractivity contribution in [2.24, 2.45) is 0 Å². The molecule has 4 amide bonds. The molecule has 0 aromatic heterocycles. The van der Waals surface area contributed by atoms with Gasteiger partial charge in [-0.15, -0.1) is 0 Å². The molecule has 0 radical (unpaired) electrons. The number of ether oxygens (including phenoxy) is 2. The third-order valence-electron chi connectivity index (χ3n) is 5.71. The Kier molecular flexibility index (Phi) is 5.56. The fourth-order valence-electron chi connectivity index (χ4n) is 4.03. The smallest absolute Gasteiger partial charge is 0.264 e. The van der Waals surface area contributed by atoms with E-state index in [-0.39, 0.29) is 30.0 Å². The van der Waals surface area contributed by atoms with Gasteiger partial charge in [0, 0.05) is 24.2 Å². The summed E-state index contributed by atoms with van der Waals surface area (Å²) in [5, 5.41) is 5.49. The van der Waals surface area contributed by atoms with Crippen molar-refractivity contribution >= 4 is 29.3 Å². The van der Waals surface area contributed by atoms with Gasteiger partial charge >= 0.3 is 0 Å². The molecule has 0 aliphatic carbocycles. The van der Waals surface area contributed by atoms with Crippen molar-refractivity contribution in [1.29, 1.82) is 0 Å². The van der Waals surface area contributed by atoms with Crippen LogP contribution in [0.3, 0.4) is 0 Å². The number of anilines is 1. The first kappa shape index (κ1) is 21.4. The van der Waals surface area contributed by atoms with E-state index in [9.17, 15) is 19.2 Å². The molecule has 2 aliphatic rings. The number of amides is 4. The maximum Gasteiger partial charge on any atom is 0.264 e. The lowest BCUT2D eigenvalue weighted by Crippen LogP contribution is -2.54. The lowest BCUT2D eigenvalue weighted by molar-refractivity contribution is -0.136. The highest BCUT2D eigenvalue weighted by Crippen LogP contribution is 2.35. The normalized spacial score (nSPS) is 18.8. The fourth-order valence-corrected chi connectivity index (χ4v) is 4.03. The first-order valence-electron chi connectivity index (χ1n) is 10.2. The number of fused-ring (bicyclic) bond motifs is 1. The summed E-state index contributed by atoms with van der Waals surface area (Å²) in [5.74, 6) is -0.894. The summed E-state index contributed by atoms with van der Waals surface area (Å²) in [6.07, 6.45) is 0.183. The average Bonchev–Trinajstić information content (AvgIpc) is 3.04. The second-order valence-electron chi connectivity index (χ2n) is 7.69. The van der Waals surface area contributed by atoms with Crippen molar-refractivity contribution in [2.75, 3.05) is 19.5 Å². The molecular formula is C23H23N3O6. The number of nitrogens with zero attached hydrogens (tertiary/aromatic N) is 1. The molecule has 2 heterocycles. The maximum absolute atomic E-state index is 13.2. The number of hydrogen-bond donors (Lipinski definition) is 2. The maximum atomic E-state index is 13.2. The minimum Gasteiger partial charge on any atom is -0.497 e. The zero-order valence-corrected chi connectivity index (χ0v) is 17.9. The van der Waals surface area contributed by atoms with Crippen molar-refractivity contribution in [3.8, 4) is 11.5 Å². The quantitative estimate of drug-likeness (QED) is 0.667. The number of imide groups is 2. The van der Waals surface area contributed by atoms with Gasteiger partial charge in [0.05, 0.1) is 25.3 Å². The van der Waals surface area contributed by atoms with Crippen LogP contribution in [0.4, 0.5) is 5.69 Å². The molecule has 2 N–H and O–H groups in total. The monoisotopic (exact) mass is 437 g/mol. The molecule has 0 saturated carbocycles. The third kappa shape index (κ3) is 3.66. The molecule has 9 heteroatoms. The number of hydrogen-bond acceptors (Lipinski definition) is 7. The van der Waals surface area contributed by atoms with Crippen molar-refractivity contribution in [2.45, 2.75) is 31.8 Å². The van der Waals surface area contributed by atoms with Gasteiger partial charge in [0.15, 0.2) is 0 Å². The largest absolute Gasteiger partial charge is 0.497 e. The lowest BCUT2D eigenvalue weighted by Gasteiger charge is -2.28. The Morgan fingerprint density at radius 3 is 2.34 bits per heavy atom. The summed E-state index contributed by atoms with van der Waals surface area (Å²) in [4.78, 5) is 50.9. The van der Waals surface area contributed by atoms with E-state index in [1.54, 1.807) is 38.5 Å². The topological polar surface area (TPSA) is 114 Å². The number of carbonyl (C=O) groups is 4. The Morgan fingerprint density at radius 1 is 1.03 bits per heavy atom. The van der Waals surface area contributed by atoms with Crippen molar-refractivity contribution in [3.05, 3.63) is 53.1 Å². The molecule has 9 nitrogen and oxygen atoms in total. The van der Waals surface area contributed by atoms with Gasteiger partial charge in [0.2, 0.25) is 11.8 Å². The molecular weight excluding hydrogens is 414 g/mol. The minimum atomic E-state index is -1.01. The SMILES string of the molecule is COc1cc(OC)cc([C@@H](C)Nc2cccc3c2C(=O)N(C2CCC(=O)NC2=O)C3=O)c1. The number of rotatable bonds is 6. The summed E-state index contributed by atoms with van der Waals surface area (Å²) in [5.41, 5.74) is 1.77. The minimum absolute atomic E-state index is 0.0730. The van der Waals surface area contributed by atoms with Crippen LogP contribution in [0, 0.1) is 0 Å². The van der Waals surface area contributed by atoms with E-state index >= 15 is 0 Å². The Bertz CT molecular complexity index is 1110. The molecule has 1 unspecified atom stereocenters. The van der Waals surface area contributed by atoms with Crippen LogP contribution in [0.2, 0.25) is 0 Å². The number of methoxy groups -OCH3 is 2. The van der Waals surface area contributed by atoms with Crippen molar-refractivity contribution in [3.63, 3.8) is 0 Å². The first-order chi connectivity index (χ1) is 15.3. The lowest BCUT2D eigenvalue weighted by atomic mass is 10.0. The van der Waals surface area contributed by atoms with Crippen LogP contribution in [-0.4, -0.2) is 48.8 Å². The molecule has 1 fully saturated rings. The summed E-state index contributed by atoms with van der Waals surface area (Å²) in [7, 11) is 3.13. The first-order valence-corrected chi connectivity index (χ1v) is 10.2. The van der Waals surface area contributed by atoms with Gasteiger partial charge in [0.25, 0.3) is 11.8 Å². The van der Waals surface area contributed by atoms with Gasteiger partial charge in [-0.1, -0.05) is 6.07 Å². The van der Waals surface area contributed by atoms with Crippen LogP contribution in [0.25, 0.3) is 0 Å². The number of nitrogens with one attached hydrogen (secondary N) is 2. The van der Waals surface area contributed by atoms with Crippen LogP contribution in [0.5, 0.6) is 11.5 Å². The highest BCUT2D eigenvalue weighted by atomic mass is 16.5.